The first-order valence-corrected chi connectivity index (χ1v) is 6.75. The summed E-state index contributed by atoms with van der Waals surface area (Å²) in [6.07, 6.45) is 2.15. The van der Waals surface area contributed by atoms with Gasteiger partial charge in [-0.1, -0.05) is 52.7 Å². The molecule has 0 saturated carbocycles. The molecule has 0 unspecified atom stereocenters. The van der Waals surface area contributed by atoms with E-state index < -0.39 is 0 Å². The highest BCUT2D eigenvalue weighted by Crippen LogP contribution is 2.24. The quantitative estimate of drug-likeness (QED) is 0.795. The Morgan fingerprint density at radius 2 is 2.06 bits per heavy atom. The predicted molar refractivity (Wildman–Crippen MR) is 74.9 cm³/mol. The van der Waals surface area contributed by atoms with E-state index in [1.54, 1.807) is 0 Å². The third kappa shape index (κ3) is 3.00. The fourth-order valence-electron chi connectivity index (χ4n) is 1.56. The van der Waals surface area contributed by atoms with Crippen molar-refractivity contribution < 1.29 is 4.74 Å². The summed E-state index contributed by atoms with van der Waals surface area (Å²) in [6, 6.07) is 7.91. The van der Waals surface area contributed by atoms with E-state index in [0.717, 1.165) is 22.0 Å². The molecule has 0 N–H and O–H groups in total. The van der Waals surface area contributed by atoms with Gasteiger partial charge in [-0.3, -0.25) is 0 Å². The summed E-state index contributed by atoms with van der Waals surface area (Å²) in [7, 11) is 0. The average molecular weight is 328 g/mol. The molecule has 0 aliphatic rings. The van der Waals surface area contributed by atoms with Gasteiger partial charge in [0, 0.05) is 10.0 Å². The number of hydrogen-bond acceptors (Lipinski definition) is 3. The molecular weight excluding hydrogens is 316 g/mol. The molecule has 94 valence electrons. The smallest absolute Gasteiger partial charge is 0.221 e. The number of ether oxygens (including phenoxy) is 1. The standard InChI is InChI=1S/C13H12BrClN2O/c1-2-10-12(15)16-8-17-13(10)18-7-9-5-3-4-6-11(9)14/h3-6,8H,2,7H2,1H3. The molecular formula is C13H12BrClN2O. The van der Waals surface area contributed by atoms with E-state index in [1.165, 1.54) is 6.33 Å². The van der Waals surface area contributed by atoms with Crippen molar-refractivity contribution in [3.05, 3.63) is 51.3 Å². The molecule has 2 rings (SSSR count). The molecule has 0 spiro atoms. The number of halogens is 2. The van der Waals surface area contributed by atoms with E-state index in [4.69, 9.17) is 16.3 Å². The van der Waals surface area contributed by atoms with Gasteiger partial charge in [0.1, 0.15) is 18.1 Å². The summed E-state index contributed by atoms with van der Waals surface area (Å²) in [6.45, 7) is 2.44. The first-order chi connectivity index (χ1) is 8.72. The number of rotatable bonds is 4. The Kier molecular flexibility index (Phi) is 4.55. The van der Waals surface area contributed by atoms with E-state index in [-0.39, 0.29) is 0 Å². The summed E-state index contributed by atoms with van der Waals surface area (Å²) in [4.78, 5) is 8.07. The van der Waals surface area contributed by atoms with Crippen LogP contribution in [0.15, 0.2) is 35.1 Å². The molecule has 0 saturated heterocycles. The minimum Gasteiger partial charge on any atom is -0.472 e. The van der Waals surface area contributed by atoms with E-state index in [0.29, 0.717) is 17.6 Å². The van der Waals surface area contributed by atoms with Crippen molar-refractivity contribution in [2.24, 2.45) is 0 Å². The van der Waals surface area contributed by atoms with Gasteiger partial charge in [0.15, 0.2) is 0 Å². The molecule has 0 aliphatic carbocycles. The van der Waals surface area contributed by atoms with Crippen LogP contribution in [0.3, 0.4) is 0 Å². The second-order valence-electron chi connectivity index (χ2n) is 3.68. The molecule has 1 aromatic heterocycles. The Morgan fingerprint density at radius 1 is 1.28 bits per heavy atom. The third-order valence-corrected chi connectivity index (χ3v) is 3.63. The highest BCUT2D eigenvalue weighted by atomic mass is 79.9. The van der Waals surface area contributed by atoms with E-state index >= 15 is 0 Å². The van der Waals surface area contributed by atoms with Crippen LogP contribution >= 0.6 is 27.5 Å². The van der Waals surface area contributed by atoms with Crippen molar-refractivity contribution in [2.75, 3.05) is 0 Å². The fourth-order valence-corrected chi connectivity index (χ4v) is 2.22. The van der Waals surface area contributed by atoms with Crippen LogP contribution in [0.4, 0.5) is 0 Å². The Balaban J connectivity index is 2.16. The van der Waals surface area contributed by atoms with E-state index in [1.807, 2.05) is 31.2 Å². The van der Waals surface area contributed by atoms with Crippen LogP contribution in [-0.4, -0.2) is 9.97 Å². The van der Waals surface area contributed by atoms with Gasteiger partial charge in [-0.25, -0.2) is 9.97 Å². The minimum absolute atomic E-state index is 0.446. The van der Waals surface area contributed by atoms with Crippen LogP contribution in [0.2, 0.25) is 5.15 Å². The molecule has 0 amide bonds. The number of aromatic nitrogens is 2. The predicted octanol–water partition coefficient (Wildman–Crippen LogP) is 4.03. The van der Waals surface area contributed by atoms with Crippen molar-refractivity contribution in [1.29, 1.82) is 0 Å². The lowest BCUT2D eigenvalue weighted by Gasteiger charge is -2.10. The van der Waals surface area contributed by atoms with Crippen LogP contribution in [-0.2, 0) is 13.0 Å². The lowest BCUT2D eigenvalue weighted by atomic mass is 10.2. The second kappa shape index (κ2) is 6.16. The highest BCUT2D eigenvalue weighted by molar-refractivity contribution is 9.10. The van der Waals surface area contributed by atoms with Gasteiger partial charge in [-0.15, -0.1) is 0 Å². The zero-order valence-corrected chi connectivity index (χ0v) is 12.2. The third-order valence-electron chi connectivity index (χ3n) is 2.53. The van der Waals surface area contributed by atoms with Gasteiger partial charge < -0.3 is 4.74 Å². The van der Waals surface area contributed by atoms with Crippen molar-refractivity contribution in [1.82, 2.24) is 9.97 Å². The lowest BCUT2D eigenvalue weighted by Crippen LogP contribution is -2.02. The molecule has 18 heavy (non-hydrogen) atoms. The minimum atomic E-state index is 0.446. The first-order valence-electron chi connectivity index (χ1n) is 5.58. The van der Waals surface area contributed by atoms with Crippen LogP contribution in [0, 0.1) is 0 Å². The molecule has 2 aromatic rings. The summed E-state index contributed by atoms with van der Waals surface area (Å²) < 4.78 is 6.73. The lowest BCUT2D eigenvalue weighted by molar-refractivity contribution is 0.289. The summed E-state index contributed by atoms with van der Waals surface area (Å²) in [5.41, 5.74) is 1.90. The molecule has 3 nitrogen and oxygen atoms in total. The number of hydrogen-bond donors (Lipinski definition) is 0. The van der Waals surface area contributed by atoms with Crippen molar-refractivity contribution in [3.63, 3.8) is 0 Å². The monoisotopic (exact) mass is 326 g/mol. The molecule has 1 aromatic carbocycles. The summed E-state index contributed by atoms with van der Waals surface area (Å²) in [5.74, 6) is 0.549. The van der Waals surface area contributed by atoms with Crippen LogP contribution < -0.4 is 4.74 Å². The maximum absolute atomic E-state index is 6.00. The van der Waals surface area contributed by atoms with Gasteiger partial charge in [0.25, 0.3) is 0 Å². The highest BCUT2D eigenvalue weighted by Gasteiger charge is 2.09. The van der Waals surface area contributed by atoms with E-state index in [9.17, 15) is 0 Å². The second-order valence-corrected chi connectivity index (χ2v) is 4.89. The first kappa shape index (κ1) is 13.3. The molecule has 0 bridgehead atoms. The van der Waals surface area contributed by atoms with Crippen LogP contribution in [0.25, 0.3) is 0 Å². The maximum atomic E-state index is 6.00. The molecule has 0 fully saturated rings. The number of benzene rings is 1. The Bertz CT molecular complexity index is 548. The van der Waals surface area contributed by atoms with Gasteiger partial charge in [0.2, 0.25) is 5.88 Å². The van der Waals surface area contributed by atoms with Crippen molar-refractivity contribution in [3.8, 4) is 5.88 Å². The average Bonchev–Trinajstić information content (AvgIpc) is 2.38. The van der Waals surface area contributed by atoms with Crippen LogP contribution in [0.5, 0.6) is 5.88 Å². The Morgan fingerprint density at radius 3 is 2.78 bits per heavy atom. The normalized spacial score (nSPS) is 10.4. The summed E-state index contributed by atoms with van der Waals surface area (Å²) in [5, 5.41) is 0.453. The molecule has 0 atom stereocenters. The van der Waals surface area contributed by atoms with Gasteiger partial charge >= 0.3 is 0 Å². The Labute approximate surface area is 119 Å². The van der Waals surface area contributed by atoms with Crippen LogP contribution in [0.1, 0.15) is 18.1 Å². The zero-order chi connectivity index (χ0) is 13.0. The largest absolute Gasteiger partial charge is 0.472 e. The van der Waals surface area contributed by atoms with Crippen molar-refractivity contribution in [2.45, 2.75) is 20.0 Å². The molecule has 0 radical (unpaired) electrons. The summed E-state index contributed by atoms with van der Waals surface area (Å²) >= 11 is 9.48. The molecule has 1 heterocycles. The molecule has 0 aliphatic heterocycles. The number of nitrogens with zero attached hydrogens (tertiary/aromatic N) is 2. The van der Waals surface area contributed by atoms with Gasteiger partial charge in [-0.05, 0) is 12.5 Å². The Hall–Kier alpha value is -1.13. The van der Waals surface area contributed by atoms with Gasteiger partial charge in [-0.2, -0.15) is 0 Å². The maximum Gasteiger partial charge on any atom is 0.221 e. The topological polar surface area (TPSA) is 35.0 Å². The van der Waals surface area contributed by atoms with Crippen molar-refractivity contribution >= 4 is 27.5 Å². The molecule has 5 heteroatoms. The van der Waals surface area contributed by atoms with E-state index in [2.05, 4.69) is 25.9 Å². The zero-order valence-electron chi connectivity index (χ0n) is 9.86. The van der Waals surface area contributed by atoms with Gasteiger partial charge in [0.05, 0.1) is 5.56 Å². The SMILES string of the molecule is CCc1c(Cl)ncnc1OCc1ccccc1Br. The fraction of sp³-hybridized carbons (Fsp3) is 0.231.